The Kier molecular flexibility index (Phi) is 4.18. The third kappa shape index (κ3) is 3.22. The smallest absolute Gasteiger partial charge is 0.193 e. The first-order valence-electron chi connectivity index (χ1n) is 6.34. The van der Waals surface area contributed by atoms with E-state index in [2.05, 4.69) is 55.0 Å². The van der Waals surface area contributed by atoms with Crippen LogP contribution in [0.15, 0.2) is 40.5 Å². The predicted octanol–water partition coefficient (Wildman–Crippen LogP) is 3.52. The quantitative estimate of drug-likeness (QED) is 0.876. The first kappa shape index (κ1) is 14.7. The highest BCUT2D eigenvalue weighted by Crippen LogP contribution is 2.36. The Hall–Kier alpha value is -1.75. The van der Waals surface area contributed by atoms with Crippen LogP contribution >= 0.6 is 11.8 Å². The second kappa shape index (κ2) is 5.71. The summed E-state index contributed by atoms with van der Waals surface area (Å²) < 4.78 is 5.26. The minimum absolute atomic E-state index is 0.153. The molecule has 2 rings (SSSR count). The summed E-state index contributed by atoms with van der Waals surface area (Å²) in [5.41, 5.74) is 7.23. The number of ether oxygens (including phenoxy) is 1. The lowest BCUT2D eigenvalue weighted by atomic mass is 9.87. The zero-order chi connectivity index (χ0) is 14.8. The van der Waals surface area contributed by atoms with Gasteiger partial charge in [0.05, 0.1) is 7.11 Å². The number of hydrogen-bond donors (Lipinski definition) is 1. The van der Waals surface area contributed by atoms with Crippen LogP contribution in [-0.4, -0.2) is 17.1 Å². The molecule has 0 unspecified atom stereocenters. The molecule has 4 nitrogen and oxygen atoms in total. The second-order valence-corrected chi connectivity index (χ2v) is 6.54. The van der Waals surface area contributed by atoms with Crippen molar-refractivity contribution in [3.8, 4) is 5.75 Å². The van der Waals surface area contributed by atoms with Gasteiger partial charge >= 0.3 is 0 Å². The molecular weight excluding hydrogens is 270 g/mol. The van der Waals surface area contributed by atoms with Crippen LogP contribution in [0.2, 0.25) is 0 Å². The van der Waals surface area contributed by atoms with Crippen LogP contribution in [0.5, 0.6) is 5.75 Å². The fourth-order valence-electron chi connectivity index (χ4n) is 1.77. The summed E-state index contributed by atoms with van der Waals surface area (Å²) in [7, 11) is 1.57. The minimum atomic E-state index is 0.153. The molecule has 0 aliphatic heterocycles. The Morgan fingerprint density at radius 2 is 1.75 bits per heavy atom. The van der Waals surface area contributed by atoms with Gasteiger partial charge in [-0.05, 0) is 23.1 Å². The first-order valence-corrected chi connectivity index (χ1v) is 7.16. The van der Waals surface area contributed by atoms with Gasteiger partial charge in [-0.15, -0.1) is 0 Å². The number of aromatic nitrogens is 2. The predicted molar refractivity (Wildman–Crippen MR) is 82.3 cm³/mol. The molecule has 1 aromatic heterocycles. The highest BCUT2D eigenvalue weighted by atomic mass is 32.2. The molecule has 0 radical (unpaired) electrons. The molecule has 0 fully saturated rings. The highest BCUT2D eigenvalue weighted by molar-refractivity contribution is 7.99. The average Bonchev–Trinajstić information content (AvgIpc) is 2.38. The van der Waals surface area contributed by atoms with Gasteiger partial charge in [0.1, 0.15) is 11.4 Å². The first-order chi connectivity index (χ1) is 9.41. The fraction of sp³-hybridized carbons (Fsp3) is 0.333. The van der Waals surface area contributed by atoms with E-state index in [0.29, 0.717) is 11.6 Å². The fourth-order valence-corrected chi connectivity index (χ4v) is 2.65. The van der Waals surface area contributed by atoms with Crippen molar-refractivity contribution in [3.05, 3.63) is 36.2 Å². The lowest BCUT2D eigenvalue weighted by molar-refractivity contribution is 0.401. The summed E-state index contributed by atoms with van der Waals surface area (Å²) in [6.07, 6.45) is 1.45. The van der Waals surface area contributed by atoms with Crippen LogP contribution in [0.25, 0.3) is 0 Å². The Bertz CT molecular complexity index is 591. The van der Waals surface area contributed by atoms with Gasteiger partial charge in [-0.1, -0.05) is 44.7 Å². The molecule has 0 saturated heterocycles. The van der Waals surface area contributed by atoms with Gasteiger partial charge in [-0.3, -0.25) is 0 Å². The van der Waals surface area contributed by atoms with Gasteiger partial charge in [0.2, 0.25) is 0 Å². The second-order valence-electron chi connectivity index (χ2n) is 5.47. The normalized spacial score (nSPS) is 11.4. The summed E-state index contributed by atoms with van der Waals surface area (Å²) in [5.74, 6) is 0.883. The van der Waals surface area contributed by atoms with Crippen LogP contribution in [0.3, 0.4) is 0 Å². The van der Waals surface area contributed by atoms with Crippen molar-refractivity contribution in [1.82, 2.24) is 9.97 Å². The highest BCUT2D eigenvalue weighted by Gasteiger charge is 2.14. The summed E-state index contributed by atoms with van der Waals surface area (Å²) in [4.78, 5) is 9.24. The number of rotatable bonds is 3. The van der Waals surface area contributed by atoms with E-state index in [1.807, 2.05) is 0 Å². The number of hydrogen-bond acceptors (Lipinski definition) is 5. The number of nitrogen functional groups attached to an aromatic ring is 1. The van der Waals surface area contributed by atoms with Gasteiger partial charge in [-0.2, -0.15) is 0 Å². The maximum Gasteiger partial charge on any atom is 0.193 e. The topological polar surface area (TPSA) is 61.0 Å². The molecule has 1 aromatic carbocycles. The molecule has 20 heavy (non-hydrogen) atoms. The van der Waals surface area contributed by atoms with Crippen LogP contribution in [-0.2, 0) is 5.41 Å². The Morgan fingerprint density at radius 1 is 1.10 bits per heavy atom. The molecule has 0 amide bonds. The molecule has 0 atom stereocenters. The minimum Gasteiger partial charge on any atom is -0.490 e. The van der Waals surface area contributed by atoms with E-state index in [9.17, 15) is 0 Å². The molecule has 0 saturated carbocycles. The van der Waals surface area contributed by atoms with E-state index in [-0.39, 0.29) is 5.41 Å². The molecule has 0 aliphatic rings. The Morgan fingerprint density at radius 3 is 2.30 bits per heavy atom. The Balaban J connectivity index is 2.25. The number of nitrogens with two attached hydrogens (primary N) is 1. The van der Waals surface area contributed by atoms with E-state index in [1.165, 1.54) is 23.7 Å². The lowest BCUT2D eigenvalue weighted by Gasteiger charge is -2.19. The van der Waals surface area contributed by atoms with Crippen LogP contribution in [0, 0.1) is 0 Å². The molecule has 1 heterocycles. The number of nitrogens with zero attached hydrogens (tertiary/aromatic N) is 2. The van der Waals surface area contributed by atoms with Crippen molar-refractivity contribution in [2.45, 2.75) is 36.1 Å². The van der Waals surface area contributed by atoms with Crippen LogP contribution in [0.4, 0.5) is 5.82 Å². The van der Waals surface area contributed by atoms with Gasteiger partial charge < -0.3 is 10.5 Å². The van der Waals surface area contributed by atoms with Gasteiger partial charge in [0.25, 0.3) is 0 Å². The SMILES string of the molecule is COc1c(N)ncnc1Sc1ccc(C(C)(C)C)cc1. The summed E-state index contributed by atoms with van der Waals surface area (Å²) >= 11 is 1.52. The molecular formula is C15H19N3OS. The number of benzene rings is 1. The molecule has 2 N–H and O–H groups in total. The molecule has 0 spiro atoms. The van der Waals surface area contributed by atoms with Gasteiger partial charge in [0, 0.05) is 4.90 Å². The molecule has 106 valence electrons. The number of methoxy groups -OCH3 is 1. The number of anilines is 1. The van der Waals surface area contributed by atoms with Crippen LogP contribution < -0.4 is 10.5 Å². The standard InChI is InChI=1S/C15H19N3OS/c1-15(2,3)10-5-7-11(8-6-10)20-14-12(19-4)13(16)17-9-18-14/h5-9H,1-4H3,(H2,16,17,18). The third-order valence-electron chi connectivity index (χ3n) is 2.94. The van der Waals surface area contributed by atoms with Crippen molar-refractivity contribution in [3.63, 3.8) is 0 Å². The lowest BCUT2D eigenvalue weighted by Crippen LogP contribution is -2.10. The third-order valence-corrected chi connectivity index (χ3v) is 3.93. The monoisotopic (exact) mass is 289 g/mol. The zero-order valence-electron chi connectivity index (χ0n) is 12.2. The van der Waals surface area contributed by atoms with Crippen molar-refractivity contribution >= 4 is 17.6 Å². The maximum atomic E-state index is 5.78. The van der Waals surface area contributed by atoms with Crippen molar-refractivity contribution < 1.29 is 4.74 Å². The van der Waals surface area contributed by atoms with Gasteiger partial charge in [0.15, 0.2) is 11.6 Å². The average molecular weight is 289 g/mol. The molecule has 0 bridgehead atoms. The van der Waals surface area contributed by atoms with E-state index in [4.69, 9.17) is 10.5 Å². The summed E-state index contributed by atoms with van der Waals surface area (Å²) in [6.45, 7) is 6.59. The summed E-state index contributed by atoms with van der Waals surface area (Å²) in [5, 5.41) is 0.725. The molecule has 2 aromatic rings. The van der Waals surface area contributed by atoms with E-state index < -0.39 is 0 Å². The maximum absolute atomic E-state index is 5.78. The Labute approximate surface area is 123 Å². The van der Waals surface area contributed by atoms with Crippen molar-refractivity contribution in [1.29, 1.82) is 0 Å². The van der Waals surface area contributed by atoms with E-state index >= 15 is 0 Å². The van der Waals surface area contributed by atoms with E-state index in [0.717, 1.165) is 9.92 Å². The van der Waals surface area contributed by atoms with Gasteiger partial charge in [-0.25, -0.2) is 9.97 Å². The van der Waals surface area contributed by atoms with Crippen LogP contribution in [0.1, 0.15) is 26.3 Å². The largest absolute Gasteiger partial charge is 0.490 e. The zero-order valence-corrected chi connectivity index (χ0v) is 13.0. The van der Waals surface area contributed by atoms with Crippen molar-refractivity contribution in [2.75, 3.05) is 12.8 Å². The van der Waals surface area contributed by atoms with Crippen molar-refractivity contribution in [2.24, 2.45) is 0 Å². The molecule has 0 aliphatic carbocycles. The summed E-state index contributed by atoms with van der Waals surface area (Å²) in [6, 6.07) is 8.45. The van der Waals surface area contributed by atoms with E-state index in [1.54, 1.807) is 7.11 Å². The molecule has 5 heteroatoms.